The number of para-hydroxylation sites is 1. The summed E-state index contributed by atoms with van der Waals surface area (Å²) in [5, 5.41) is 8.29. The number of aryl methyl sites for hydroxylation is 1. The molecule has 0 aliphatic rings. The van der Waals surface area contributed by atoms with Crippen LogP contribution in [0.25, 0.3) is 16.7 Å². The maximum Gasteiger partial charge on any atom is 0.322 e. The van der Waals surface area contributed by atoms with Gasteiger partial charge in [0.25, 0.3) is 0 Å². The van der Waals surface area contributed by atoms with Crippen LogP contribution >= 0.6 is 0 Å². The van der Waals surface area contributed by atoms with E-state index in [9.17, 15) is 4.79 Å². The van der Waals surface area contributed by atoms with Gasteiger partial charge in [-0.2, -0.15) is 5.10 Å². The van der Waals surface area contributed by atoms with E-state index in [2.05, 4.69) is 10.4 Å². The van der Waals surface area contributed by atoms with Crippen molar-refractivity contribution in [1.29, 1.82) is 0 Å². The summed E-state index contributed by atoms with van der Waals surface area (Å²) < 4.78 is 7.73. The number of carbonyl (C=O) groups is 1. The second-order valence-corrected chi connectivity index (χ2v) is 6.84. The lowest BCUT2D eigenvalue weighted by Crippen LogP contribution is -2.33. The van der Waals surface area contributed by atoms with Crippen molar-refractivity contribution in [2.75, 3.05) is 12.4 Å². The van der Waals surface area contributed by atoms with Crippen LogP contribution in [0, 0.1) is 6.92 Å². The van der Waals surface area contributed by atoms with Crippen molar-refractivity contribution in [3.05, 3.63) is 78.3 Å². The quantitative estimate of drug-likeness (QED) is 0.537. The molecule has 0 spiro atoms. The third-order valence-electron chi connectivity index (χ3n) is 4.93. The standard InChI is InChI=1S/C22H22N4O2/c1-15-11-12-23-26(15)19-9-6-8-18(14-19)24-22(27)25(3)16(2)21-13-17-7-4-5-10-20(17)28-21/h4-14,16H,1-3H3,(H,24,27). The molecule has 0 aliphatic heterocycles. The SMILES string of the molecule is Cc1ccnn1-c1cccc(NC(=O)N(C)C(C)c2cc3ccccc3o2)c1. The normalized spacial score (nSPS) is 12.1. The molecule has 2 aromatic carbocycles. The van der Waals surface area contributed by atoms with Gasteiger partial charge >= 0.3 is 6.03 Å². The summed E-state index contributed by atoms with van der Waals surface area (Å²) in [6.45, 7) is 3.93. The number of carbonyl (C=O) groups excluding carboxylic acids is 1. The Kier molecular flexibility index (Phi) is 4.61. The molecule has 4 rings (SSSR count). The van der Waals surface area contributed by atoms with Crippen LogP contribution in [-0.2, 0) is 0 Å². The third-order valence-corrected chi connectivity index (χ3v) is 4.93. The number of urea groups is 1. The number of fused-ring (bicyclic) bond motifs is 1. The fraction of sp³-hybridized carbons (Fsp3) is 0.182. The molecule has 1 atom stereocenters. The van der Waals surface area contributed by atoms with Gasteiger partial charge in [-0.05, 0) is 50.2 Å². The lowest BCUT2D eigenvalue weighted by molar-refractivity contribution is 0.201. The molecule has 1 unspecified atom stereocenters. The zero-order valence-electron chi connectivity index (χ0n) is 16.1. The van der Waals surface area contributed by atoms with E-state index >= 15 is 0 Å². The summed E-state index contributed by atoms with van der Waals surface area (Å²) >= 11 is 0. The number of anilines is 1. The van der Waals surface area contributed by atoms with Gasteiger partial charge < -0.3 is 14.6 Å². The number of amides is 2. The summed E-state index contributed by atoms with van der Waals surface area (Å²) in [5.41, 5.74) is 3.45. The van der Waals surface area contributed by atoms with Crippen molar-refractivity contribution in [2.24, 2.45) is 0 Å². The van der Waals surface area contributed by atoms with E-state index in [1.807, 2.05) is 79.2 Å². The van der Waals surface area contributed by atoms with E-state index in [1.54, 1.807) is 18.1 Å². The molecule has 2 amide bonds. The summed E-state index contributed by atoms with van der Waals surface area (Å²) in [7, 11) is 1.76. The summed E-state index contributed by atoms with van der Waals surface area (Å²) in [6.07, 6.45) is 1.75. The zero-order valence-corrected chi connectivity index (χ0v) is 16.1. The van der Waals surface area contributed by atoms with Crippen molar-refractivity contribution in [3.63, 3.8) is 0 Å². The van der Waals surface area contributed by atoms with Crippen LogP contribution in [0.15, 0.2) is 71.3 Å². The average molecular weight is 374 g/mol. The summed E-state index contributed by atoms with van der Waals surface area (Å²) in [4.78, 5) is 14.4. The maximum absolute atomic E-state index is 12.8. The van der Waals surface area contributed by atoms with Gasteiger partial charge in [0.15, 0.2) is 0 Å². The third kappa shape index (κ3) is 3.36. The molecule has 2 aromatic heterocycles. The highest BCUT2D eigenvalue weighted by molar-refractivity contribution is 5.89. The van der Waals surface area contributed by atoms with Gasteiger partial charge in [-0.3, -0.25) is 0 Å². The Labute approximate surface area is 163 Å². The topological polar surface area (TPSA) is 63.3 Å². The molecule has 0 aliphatic carbocycles. The largest absolute Gasteiger partial charge is 0.459 e. The molecule has 4 aromatic rings. The number of aromatic nitrogens is 2. The minimum Gasteiger partial charge on any atom is -0.459 e. The first kappa shape index (κ1) is 17.9. The van der Waals surface area contributed by atoms with Crippen molar-refractivity contribution < 1.29 is 9.21 Å². The van der Waals surface area contributed by atoms with Crippen molar-refractivity contribution in [2.45, 2.75) is 19.9 Å². The molecule has 1 N–H and O–H groups in total. The maximum atomic E-state index is 12.8. The molecular weight excluding hydrogens is 352 g/mol. The van der Waals surface area contributed by atoms with Crippen LogP contribution in [0.4, 0.5) is 10.5 Å². The van der Waals surface area contributed by atoms with E-state index in [-0.39, 0.29) is 12.1 Å². The molecule has 142 valence electrons. The summed E-state index contributed by atoms with van der Waals surface area (Å²) in [5.74, 6) is 0.750. The minimum absolute atomic E-state index is 0.205. The molecule has 28 heavy (non-hydrogen) atoms. The molecule has 0 bridgehead atoms. The molecule has 2 heterocycles. The number of rotatable bonds is 4. The van der Waals surface area contributed by atoms with E-state index in [1.165, 1.54) is 0 Å². The van der Waals surface area contributed by atoms with E-state index < -0.39 is 0 Å². The fourth-order valence-corrected chi connectivity index (χ4v) is 3.14. The Balaban J connectivity index is 1.50. The zero-order chi connectivity index (χ0) is 19.7. The van der Waals surface area contributed by atoms with E-state index in [0.717, 1.165) is 28.1 Å². The second kappa shape index (κ2) is 7.23. The van der Waals surface area contributed by atoms with Crippen LogP contribution in [0.1, 0.15) is 24.4 Å². The van der Waals surface area contributed by atoms with Crippen molar-refractivity contribution >= 4 is 22.7 Å². The van der Waals surface area contributed by atoms with Crippen LogP contribution in [0.3, 0.4) is 0 Å². The van der Waals surface area contributed by atoms with Crippen molar-refractivity contribution in [1.82, 2.24) is 14.7 Å². The number of furan rings is 1. The predicted octanol–water partition coefficient (Wildman–Crippen LogP) is 5.15. The Bertz CT molecular complexity index is 1100. The van der Waals surface area contributed by atoms with E-state index in [0.29, 0.717) is 5.69 Å². The van der Waals surface area contributed by atoms with Gasteiger partial charge in [-0.15, -0.1) is 0 Å². The first-order chi connectivity index (χ1) is 13.5. The molecule has 6 heteroatoms. The van der Waals surface area contributed by atoms with Gasteiger partial charge in [0, 0.05) is 30.0 Å². The van der Waals surface area contributed by atoms with Gasteiger partial charge in [-0.25, -0.2) is 9.48 Å². The number of benzene rings is 2. The number of nitrogens with zero attached hydrogens (tertiary/aromatic N) is 3. The highest BCUT2D eigenvalue weighted by atomic mass is 16.3. The fourth-order valence-electron chi connectivity index (χ4n) is 3.14. The molecule has 0 saturated heterocycles. The van der Waals surface area contributed by atoms with Crippen LogP contribution in [-0.4, -0.2) is 27.8 Å². The minimum atomic E-state index is -0.206. The monoisotopic (exact) mass is 374 g/mol. The molecule has 6 nitrogen and oxygen atoms in total. The van der Waals surface area contributed by atoms with Crippen molar-refractivity contribution in [3.8, 4) is 5.69 Å². The predicted molar refractivity (Wildman–Crippen MR) is 110 cm³/mol. The Morgan fingerprint density at radius 2 is 1.96 bits per heavy atom. The molecular formula is C22H22N4O2. The number of hydrogen-bond donors (Lipinski definition) is 1. The molecule has 0 saturated carbocycles. The van der Waals surface area contributed by atoms with Crippen LogP contribution in [0.2, 0.25) is 0 Å². The van der Waals surface area contributed by atoms with Crippen LogP contribution < -0.4 is 5.32 Å². The Morgan fingerprint density at radius 3 is 2.71 bits per heavy atom. The first-order valence-corrected chi connectivity index (χ1v) is 9.16. The number of nitrogens with one attached hydrogen (secondary N) is 1. The smallest absolute Gasteiger partial charge is 0.322 e. The molecule has 0 fully saturated rings. The highest BCUT2D eigenvalue weighted by Gasteiger charge is 2.21. The Hall–Kier alpha value is -3.54. The van der Waals surface area contributed by atoms with E-state index in [4.69, 9.17) is 4.42 Å². The first-order valence-electron chi connectivity index (χ1n) is 9.16. The lowest BCUT2D eigenvalue weighted by atomic mass is 10.2. The number of hydrogen-bond acceptors (Lipinski definition) is 3. The molecule has 0 radical (unpaired) electrons. The van der Waals surface area contributed by atoms with Gasteiger partial charge in [0.2, 0.25) is 0 Å². The van der Waals surface area contributed by atoms with Gasteiger partial charge in [0.1, 0.15) is 11.3 Å². The van der Waals surface area contributed by atoms with Gasteiger partial charge in [0.05, 0.1) is 11.7 Å². The average Bonchev–Trinajstić information content (AvgIpc) is 3.33. The van der Waals surface area contributed by atoms with Gasteiger partial charge in [-0.1, -0.05) is 24.3 Å². The Morgan fingerprint density at radius 1 is 1.14 bits per heavy atom. The lowest BCUT2D eigenvalue weighted by Gasteiger charge is -2.23. The highest BCUT2D eigenvalue weighted by Crippen LogP contribution is 2.27. The summed E-state index contributed by atoms with van der Waals surface area (Å²) in [6, 6.07) is 18.9. The second-order valence-electron chi connectivity index (χ2n) is 6.84. The van der Waals surface area contributed by atoms with Crippen LogP contribution in [0.5, 0.6) is 0 Å².